The SMILES string of the molecule is CCCCCCCCNC(=O)c1ccc([N+](=O)[O-])c(N)c1. The monoisotopic (exact) mass is 293 g/mol. The molecule has 1 amide bonds. The van der Waals surface area contributed by atoms with Gasteiger partial charge in [0, 0.05) is 18.2 Å². The van der Waals surface area contributed by atoms with Crippen molar-refractivity contribution < 1.29 is 9.72 Å². The van der Waals surface area contributed by atoms with Crippen LogP contribution in [0, 0.1) is 10.1 Å². The van der Waals surface area contributed by atoms with Gasteiger partial charge in [-0.1, -0.05) is 39.0 Å². The summed E-state index contributed by atoms with van der Waals surface area (Å²) in [5.41, 5.74) is 5.74. The molecule has 0 saturated heterocycles. The second-order valence-electron chi connectivity index (χ2n) is 5.05. The van der Waals surface area contributed by atoms with E-state index < -0.39 is 4.92 Å². The van der Waals surface area contributed by atoms with Crippen molar-refractivity contribution in [1.82, 2.24) is 5.32 Å². The van der Waals surface area contributed by atoms with Crippen LogP contribution in [0.4, 0.5) is 11.4 Å². The Kier molecular flexibility index (Phi) is 7.21. The van der Waals surface area contributed by atoms with Gasteiger partial charge >= 0.3 is 0 Å². The second-order valence-corrected chi connectivity index (χ2v) is 5.05. The molecule has 6 nitrogen and oxygen atoms in total. The zero-order chi connectivity index (χ0) is 15.7. The van der Waals surface area contributed by atoms with Crippen molar-refractivity contribution in [2.75, 3.05) is 12.3 Å². The Morgan fingerprint density at radius 2 is 1.90 bits per heavy atom. The Hall–Kier alpha value is -2.11. The van der Waals surface area contributed by atoms with E-state index in [1.54, 1.807) is 0 Å². The number of carbonyl (C=O) groups excluding carboxylic acids is 1. The summed E-state index contributed by atoms with van der Waals surface area (Å²) < 4.78 is 0. The normalized spacial score (nSPS) is 10.3. The fraction of sp³-hybridized carbons (Fsp3) is 0.533. The minimum Gasteiger partial charge on any atom is -0.393 e. The van der Waals surface area contributed by atoms with Gasteiger partial charge in [-0.25, -0.2) is 0 Å². The molecule has 0 heterocycles. The number of nitrogen functional groups attached to an aromatic ring is 1. The summed E-state index contributed by atoms with van der Waals surface area (Å²) in [6.45, 7) is 2.79. The third kappa shape index (κ3) is 5.81. The lowest BCUT2D eigenvalue weighted by molar-refractivity contribution is -0.383. The Balaban J connectivity index is 2.35. The molecule has 0 aliphatic carbocycles. The first-order chi connectivity index (χ1) is 10.1. The molecule has 1 rings (SSSR count). The van der Waals surface area contributed by atoms with E-state index in [0.29, 0.717) is 12.1 Å². The molecule has 116 valence electrons. The molecule has 0 unspecified atom stereocenters. The van der Waals surface area contributed by atoms with Crippen LogP contribution in [0.3, 0.4) is 0 Å². The van der Waals surface area contributed by atoms with Gasteiger partial charge in [0.1, 0.15) is 5.69 Å². The molecular formula is C15H23N3O3. The molecule has 21 heavy (non-hydrogen) atoms. The van der Waals surface area contributed by atoms with Gasteiger partial charge in [0.2, 0.25) is 0 Å². The maximum atomic E-state index is 11.9. The van der Waals surface area contributed by atoms with E-state index in [2.05, 4.69) is 12.2 Å². The van der Waals surface area contributed by atoms with Crippen LogP contribution in [0.2, 0.25) is 0 Å². The smallest absolute Gasteiger partial charge is 0.292 e. The van der Waals surface area contributed by atoms with Crippen LogP contribution in [0.25, 0.3) is 0 Å². The van der Waals surface area contributed by atoms with Gasteiger partial charge in [0.05, 0.1) is 4.92 Å². The van der Waals surface area contributed by atoms with Gasteiger partial charge in [-0.15, -0.1) is 0 Å². The summed E-state index contributed by atoms with van der Waals surface area (Å²) in [6, 6.07) is 4.02. The molecule has 3 N–H and O–H groups in total. The van der Waals surface area contributed by atoms with E-state index in [4.69, 9.17) is 5.73 Å². The van der Waals surface area contributed by atoms with Crippen molar-refractivity contribution in [3.8, 4) is 0 Å². The van der Waals surface area contributed by atoms with Gasteiger partial charge in [-0.05, 0) is 18.6 Å². The number of hydrogen-bond acceptors (Lipinski definition) is 4. The number of carbonyl (C=O) groups is 1. The highest BCUT2D eigenvalue weighted by atomic mass is 16.6. The Morgan fingerprint density at radius 1 is 1.24 bits per heavy atom. The van der Waals surface area contributed by atoms with Crippen LogP contribution in [0.5, 0.6) is 0 Å². The number of hydrogen-bond donors (Lipinski definition) is 2. The highest BCUT2D eigenvalue weighted by Gasteiger charge is 2.14. The van der Waals surface area contributed by atoms with E-state index in [1.807, 2.05) is 0 Å². The van der Waals surface area contributed by atoms with Crippen LogP contribution in [-0.4, -0.2) is 17.4 Å². The lowest BCUT2D eigenvalue weighted by atomic mass is 10.1. The standard InChI is InChI=1S/C15H23N3O3/c1-2-3-4-5-6-7-10-17-15(19)12-8-9-14(18(20)21)13(16)11-12/h8-9,11H,2-7,10,16H2,1H3,(H,17,19). The van der Waals surface area contributed by atoms with Crippen LogP contribution in [0.1, 0.15) is 55.8 Å². The van der Waals surface area contributed by atoms with Crippen LogP contribution in [0.15, 0.2) is 18.2 Å². The molecule has 6 heteroatoms. The van der Waals surface area contributed by atoms with E-state index >= 15 is 0 Å². The molecule has 0 saturated carbocycles. The van der Waals surface area contributed by atoms with Crippen molar-refractivity contribution in [3.05, 3.63) is 33.9 Å². The Morgan fingerprint density at radius 3 is 2.52 bits per heavy atom. The van der Waals surface area contributed by atoms with Crippen molar-refractivity contribution in [3.63, 3.8) is 0 Å². The van der Waals surface area contributed by atoms with Crippen molar-refractivity contribution >= 4 is 17.3 Å². The van der Waals surface area contributed by atoms with E-state index in [9.17, 15) is 14.9 Å². The van der Waals surface area contributed by atoms with Crippen LogP contribution < -0.4 is 11.1 Å². The third-order valence-corrected chi connectivity index (χ3v) is 3.30. The number of nitro groups is 1. The highest BCUT2D eigenvalue weighted by molar-refractivity contribution is 5.95. The lowest BCUT2D eigenvalue weighted by Crippen LogP contribution is -2.24. The number of amides is 1. The zero-order valence-electron chi connectivity index (χ0n) is 12.4. The molecule has 0 radical (unpaired) electrons. The number of rotatable bonds is 9. The Labute approximate surface area is 124 Å². The quantitative estimate of drug-likeness (QED) is 0.316. The lowest BCUT2D eigenvalue weighted by Gasteiger charge is -2.06. The number of anilines is 1. The van der Waals surface area contributed by atoms with Gasteiger partial charge in [0.25, 0.3) is 11.6 Å². The topological polar surface area (TPSA) is 98.3 Å². The number of nitrogens with zero attached hydrogens (tertiary/aromatic N) is 1. The van der Waals surface area contributed by atoms with E-state index in [0.717, 1.165) is 12.8 Å². The minimum absolute atomic E-state index is 0.00668. The summed E-state index contributed by atoms with van der Waals surface area (Å²) in [5, 5.41) is 13.4. The minimum atomic E-state index is -0.562. The third-order valence-electron chi connectivity index (χ3n) is 3.30. The first-order valence-corrected chi connectivity index (χ1v) is 7.38. The maximum absolute atomic E-state index is 11.9. The van der Waals surface area contributed by atoms with Gasteiger partial charge in [-0.3, -0.25) is 14.9 Å². The summed E-state index contributed by atoms with van der Waals surface area (Å²) in [4.78, 5) is 22.0. The summed E-state index contributed by atoms with van der Waals surface area (Å²) in [7, 11) is 0. The van der Waals surface area contributed by atoms with Gasteiger partial charge in [0.15, 0.2) is 0 Å². The fourth-order valence-electron chi connectivity index (χ4n) is 2.07. The molecule has 0 bridgehead atoms. The molecule has 1 aromatic carbocycles. The number of nitro benzene ring substituents is 1. The number of benzene rings is 1. The second kappa shape index (κ2) is 8.94. The fourth-order valence-corrected chi connectivity index (χ4v) is 2.07. The molecule has 0 fully saturated rings. The molecule has 0 aliphatic heterocycles. The molecular weight excluding hydrogens is 270 g/mol. The molecule has 1 aromatic rings. The van der Waals surface area contributed by atoms with Crippen LogP contribution >= 0.6 is 0 Å². The highest BCUT2D eigenvalue weighted by Crippen LogP contribution is 2.21. The van der Waals surface area contributed by atoms with Gasteiger partial charge in [-0.2, -0.15) is 0 Å². The average Bonchev–Trinajstić information content (AvgIpc) is 2.45. The van der Waals surface area contributed by atoms with Crippen molar-refractivity contribution in [2.45, 2.75) is 45.4 Å². The summed E-state index contributed by atoms with van der Waals surface area (Å²) in [6.07, 6.45) is 6.95. The zero-order valence-corrected chi connectivity index (χ0v) is 12.4. The van der Waals surface area contributed by atoms with Crippen LogP contribution in [-0.2, 0) is 0 Å². The average molecular weight is 293 g/mol. The number of unbranched alkanes of at least 4 members (excludes halogenated alkanes) is 5. The molecule has 0 atom stereocenters. The number of nitrogens with two attached hydrogens (primary N) is 1. The van der Waals surface area contributed by atoms with E-state index in [1.165, 1.54) is 43.9 Å². The molecule has 0 aliphatic rings. The molecule has 0 aromatic heterocycles. The molecule has 0 spiro atoms. The predicted octanol–water partition coefficient (Wildman–Crippen LogP) is 3.27. The summed E-state index contributed by atoms with van der Waals surface area (Å²) >= 11 is 0. The first kappa shape index (κ1) is 16.9. The first-order valence-electron chi connectivity index (χ1n) is 7.38. The van der Waals surface area contributed by atoms with E-state index in [-0.39, 0.29) is 17.3 Å². The largest absolute Gasteiger partial charge is 0.393 e. The van der Waals surface area contributed by atoms with Gasteiger partial charge < -0.3 is 11.1 Å². The van der Waals surface area contributed by atoms with Crippen molar-refractivity contribution in [1.29, 1.82) is 0 Å². The predicted molar refractivity (Wildman–Crippen MR) is 83.2 cm³/mol. The van der Waals surface area contributed by atoms with Crippen molar-refractivity contribution in [2.24, 2.45) is 0 Å². The summed E-state index contributed by atoms with van der Waals surface area (Å²) in [5.74, 6) is -0.245. The maximum Gasteiger partial charge on any atom is 0.292 e. The number of nitrogens with one attached hydrogen (secondary N) is 1. The Bertz CT molecular complexity index is 489.